The van der Waals surface area contributed by atoms with Gasteiger partial charge in [0, 0.05) is 11.1 Å². The number of rotatable bonds is 2. The lowest BCUT2D eigenvalue weighted by Crippen LogP contribution is -1.90. The van der Waals surface area contributed by atoms with Crippen LogP contribution in [0.3, 0.4) is 0 Å². The van der Waals surface area contributed by atoms with Gasteiger partial charge in [0.2, 0.25) is 0 Å². The summed E-state index contributed by atoms with van der Waals surface area (Å²) in [6, 6.07) is 3.22. The third-order valence-corrected chi connectivity index (χ3v) is 2.20. The van der Waals surface area contributed by atoms with Crippen molar-refractivity contribution in [2.45, 2.75) is 6.61 Å². The van der Waals surface area contributed by atoms with E-state index in [4.69, 9.17) is 16.7 Å². The van der Waals surface area contributed by atoms with Crippen LogP contribution in [0.15, 0.2) is 22.7 Å². The molecular weight excluding hydrogens is 240 g/mol. The van der Waals surface area contributed by atoms with E-state index in [1.807, 2.05) is 0 Å². The van der Waals surface area contributed by atoms with Gasteiger partial charge in [-0.05, 0) is 12.1 Å². The highest BCUT2D eigenvalue weighted by Gasteiger charge is 2.16. The van der Waals surface area contributed by atoms with Crippen molar-refractivity contribution in [3.8, 4) is 11.3 Å². The molecule has 6 heteroatoms. The topological polar surface area (TPSA) is 46.3 Å². The first-order valence-electron chi connectivity index (χ1n) is 4.33. The Bertz CT molecular complexity index is 504. The summed E-state index contributed by atoms with van der Waals surface area (Å²) in [5, 5.41) is 12.2. The average Bonchev–Trinajstić information content (AvgIpc) is 2.64. The number of aliphatic hydroxyl groups is 1. The Kier molecular flexibility index (Phi) is 2.89. The second-order valence-electron chi connectivity index (χ2n) is 3.08. The summed E-state index contributed by atoms with van der Waals surface area (Å²) < 4.78 is 31.5. The zero-order chi connectivity index (χ0) is 11.7. The number of benzene rings is 1. The minimum Gasteiger partial charge on any atom is -0.388 e. The van der Waals surface area contributed by atoms with Crippen LogP contribution in [0.5, 0.6) is 0 Å². The Morgan fingerprint density at radius 3 is 2.38 bits per heavy atom. The van der Waals surface area contributed by atoms with Crippen molar-refractivity contribution in [3.63, 3.8) is 0 Å². The lowest BCUT2D eigenvalue weighted by Gasteiger charge is -2.01. The summed E-state index contributed by atoms with van der Waals surface area (Å²) in [6.45, 7) is -0.385. The van der Waals surface area contributed by atoms with Crippen LogP contribution in [0.4, 0.5) is 8.78 Å². The summed E-state index contributed by atoms with van der Waals surface area (Å²) in [5.41, 5.74) is -0.344. The van der Waals surface area contributed by atoms with Gasteiger partial charge in [0.1, 0.15) is 23.9 Å². The molecule has 0 aliphatic heterocycles. The molecule has 0 bridgehead atoms. The molecule has 16 heavy (non-hydrogen) atoms. The van der Waals surface area contributed by atoms with Crippen LogP contribution in [-0.2, 0) is 6.61 Å². The summed E-state index contributed by atoms with van der Waals surface area (Å²) in [4.78, 5) is 0. The second-order valence-corrected chi connectivity index (χ2v) is 3.52. The van der Waals surface area contributed by atoms with Gasteiger partial charge in [0.05, 0.1) is 5.56 Å². The molecule has 0 saturated carbocycles. The van der Waals surface area contributed by atoms with Crippen molar-refractivity contribution < 1.29 is 18.4 Å². The first-order valence-corrected chi connectivity index (χ1v) is 4.71. The molecule has 0 amide bonds. The fourth-order valence-electron chi connectivity index (χ4n) is 1.29. The standard InChI is InChI=1S/C10H6ClF2NO2/c11-5-1-7(12)10(8(13)2-5)9-3-6(4-15)16-14-9/h1-3,15H,4H2. The Morgan fingerprint density at radius 2 is 1.88 bits per heavy atom. The van der Waals surface area contributed by atoms with E-state index in [9.17, 15) is 8.78 Å². The van der Waals surface area contributed by atoms with Crippen LogP contribution >= 0.6 is 11.6 Å². The van der Waals surface area contributed by atoms with Crippen LogP contribution in [0.1, 0.15) is 5.76 Å². The number of halogens is 3. The van der Waals surface area contributed by atoms with Crippen molar-refractivity contribution >= 4 is 11.6 Å². The number of aliphatic hydroxyl groups excluding tert-OH is 1. The van der Waals surface area contributed by atoms with Crippen LogP contribution in [0.2, 0.25) is 5.02 Å². The molecule has 84 valence electrons. The summed E-state index contributed by atoms with van der Waals surface area (Å²) in [6.07, 6.45) is 0. The molecule has 1 aromatic heterocycles. The van der Waals surface area contributed by atoms with E-state index in [-0.39, 0.29) is 28.6 Å². The highest BCUT2D eigenvalue weighted by Crippen LogP contribution is 2.28. The van der Waals surface area contributed by atoms with Gasteiger partial charge in [-0.25, -0.2) is 8.78 Å². The predicted octanol–water partition coefficient (Wildman–Crippen LogP) is 2.77. The van der Waals surface area contributed by atoms with Crippen LogP contribution < -0.4 is 0 Å². The van der Waals surface area contributed by atoms with E-state index in [1.165, 1.54) is 6.07 Å². The molecule has 2 rings (SSSR count). The number of nitrogens with zero attached hydrogens (tertiary/aromatic N) is 1. The largest absolute Gasteiger partial charge is 0.388 e. The van der Waals surface area contributed by atoms with E-state index >= 15 is 0 Å². The Labute approximate surface area is 94.2 Å². The molecule has 3 nitrogen and oxygen atoms in total. The summed E-state index contributed by atoms with van der Waals surface area (Å²) in [5.74, 6) is -1.53. The summed E-state index contributed by atoms with van der Waals surface area (Å²) in [7, 11) is 0. The molecule has 0 spiro atoms. The van der Waals surface area contributed by atoms with Crippen molar-refractivity contribution in [2.75, 3.05) is 0 Å². The molecule has 2 aromatic rings. The van der Waals surface area contributed by atoms with Gasteiger partial charge in [-0.3, -0.25) is 0 Å². The predicted molar refractivity (Wildman–Crippen MR) is 52.8 cm³/mol. The maximum Gasteiger partial charge on any atom is 0.162 e. The fraction of sp³-hybridized carbons (Fsp3) is 0.100. The first-order chi connectivity index (χ1) is 7.61. The molecule has 0 radical (unpaired) electrons. The molecule has 0 aliphatic carbocycles. The van der Waals surface area contributed by atoms with Crippen molar-refractivity contribution in [2.24, 2.45) is 0 Å². The van der Waals surface area contributed by atoms with Crippen molar-refractivity contribution in [3.05, 3.63) is 40.6 Å². The van der Waals surface area contributed by atoms with Gasteiger partial charge < -0.3 is 9.63 Å². The molecular formula is C10H6ClF2NO2. The quantitative estimate of drug-likeness (QED) is 0.885. The van der Waals surface area contributed by atoms with Crippen LogP contribution in [-0.4, -0.2) is 10.3 Å². The van der Waals surface area contributed by atoms with Crippen molar-refractivity contribution in [1.82, 2.24) is 5.16 Å². The second kappa shape index (κ2) is 4.19. The SMILES string of the molecule is OCc1cc(-c2c(F)cc(Cl)cc2F)no1. The third kappa shape index (κ3) is 1.91. The highest BCUT2D eigenvalue weighted by atomic mass is 35.5. The Balaban J connectivity index is 2.55. The third-order valence-electron chi connectivity index (χ3n) is 1.98. The van der Waals surface area contributed by atoms with Crippen molar-refractivity contribution in [1.29, 1.82) is 0 Å². The maximum atomic E-state index is 13.4. The minimum atomic E-state index is -0.831. The minimum absolute atomic E-state index is 0.0179. The molecule has 0 fully saturated rings. The van der Waals surface area contributed by atoms with E-state index in [2.05, 4.69) is 9.68 Å². The van der Waals surface area contributed by atoms with E-state index in [0.717, 1.165) is 12.1 Å². The zero-order valence-electron chi connectivity index (χ0n) is 7.88. The molecule has 0 saturated heterocycles. The number of hydrogen-bond acceptors (Lipinski definition) is 3. The Hall–Kier alpha value is -1.46. The molecule has 1 aromatic carbocycles. The van der Waals surface area contributed by atoms with Crippen LogP contribution in [0.25, 0.3) is 11.3 Å². The molecule has 0 aliphatic rings. The fourth-order valence-corrected chi connectivity index (χ4v) is 1.48. The molecule has 0 unspecified atom stereocenters. The number of hydrogen-bond donors (Lipinski definition) is 1. The lowest BCUT2D eigenvalue weighted by atomic mass is 10.1. The monoisotopic (exact) mass is 245 g/mol. The van der Waals surface area contributed by atoms with Crippen LogP contribution in [0, 0.1) is 11.6 Å². The number of aromatic nitrogens is 1. The maximum absolute atomic E-state index is 13.4. The van der Waals surface area contributed by atoms with E-state index in [1.54, 1.807) is 0 Å². The molecule has 1 N–H and O–H groups in total. The smallest absolute Gasteiger partial charge is 0.162 e. The average molecular weight is 246 g/mol. The van der Waals surface area contributed by atoms with Gasteiger partial charge in [-0.2, -0.15) is 0 Å². The lowest BCUT2D eigenvalue weighted by molar-refractivity contribution is 0.229. The van der Waals surface area contributed by atoms with Gasteiger partial charge in [0.25, 0.3) is 0 Å². The van der Waals surface area contributed by atoms with E-state index < -0.39 is 11.6 Å². The van der Waals surface area contributed by atoms with E-state index in [0.29, 0.717) is 0 Å². The molecule has 0 atom stereocenters. The highest BCUT2D eigenvalue weighted by molar-refractivity contribution is 6.30. The zero-order valence-corrected chi connectivity index (χ0v) is 8.63. The Morgan fingerprint density at radius 1 is 1.25 bits per heavy atom. The van der Waals surface area contributed by atoms with Gasteiger partial charge in [-0.1, -0.05) is 16.8 Å². The first kappa shape index (κ1) is 11.0. The summed E-state index contributed by atoms with van der Waals surface area (Å²) >= 11 is 5.48. The molecule has 1 heterocycles. The van der Waals surface area contributed by atoms with Gasteiger partial charge in [-0.15, -0.1) is 0 Å². The van der Waals surface area contributed by atoms with Gasteiger partial charge >= 0.3 is 0 Å². The van der Waals surface area contributed by atoms with Gasteiger partial charge in [0.15, 0.2) is 5.76 Å². The normalized spacial score (nSPS) is 10.8.